The van der Waals surface area contributed by atoms with Crippen LogP contribution in [-0.4, -0.2) is 0 Å². The van der Waals surface area contributed by atoms with Crippen molar-refractivity contribution in [2.75, 3.05) is 5.73 Å². The lowest BCUT2D eigenvalue weighted by atomic mass is 9.99. The molecule has 0 aliphatic heterocycles. The van der Waals surface area contributed by atoms with E-state index >= 15 is 0 Å². The summed E-state index contributed by atoms with van der Waals surface area (Å²) in [7, 11) is 0. The van der Waals surface area contributed by atoms with E-state index in [0.717, 1.165) is 12.0 Å². The van der Waals surface area contributed by atoms with E-state index in [1.165, 1.54) is 0 Å². The minimum atomic E-state index is -0.530. The normalized spacial score (nSPS) is 10.7. The molecule has 0 aliphatic carbocycles. The molecule has 0 saturated heterocycles. The Kier molecular flexibility index (Phi) is 2.37. The fraction of sp³-hybridized carbons (Fsp3) is 0.167. The summed E-state index contributed by atoms with van der Waals surface area (Å²) in [6.45, 7) is 0. The quantitative estimate of drug-likeness (QED) is 0.742. The van der Waals surface area contributed by atoms with Crippen molar-refractivity contribution in [1.29, 1.82) is 0 Å². The van der Waals surface area contributed by atoms with Gasteiger partial charge >= 0.3 is 0 Å². The highest BCUT2D eigenvalue weighted by Crippen LogP contribution is 2.08. The second-order valence-corrected chi connectivity index (χ2v) is 3.54. The zero-order valence-electron chi connectivity index (χ0n) is 8.19. The summed E-state index contributed by atoms with van der Waals surface area (Å²) >= 11 is 0. The van der Waals surface area contributed by atoms with Gasteiger partial charge in [0.2, 0.25) is 10.9 Å². The lowest BCUT2D eigenvalue weighted by Crippen LogP contribution is -2.38. The zero-order chi connectivity index (χ0) is 10.8. The van der Waals surface area contributed by atoms with Crippen LogP contribution in [0, 0.1) is 0 Å². The first-order valence-corrected chi connectivity index (χ1v) is 4.81. The summed E-state index contributed by atoms with van der Waals surface area (Å²) in [4.78, 5) is 22.0. The molecule has 0 aliphatic rings. The van der Waals surface area contributed by atoms with Gasteiger partial charge in [0.05, 0.1) is 5.69 Å². The van der Waals surface area contributed by atoms with Gasteiger partial charge in [-0.25, -0.2) is 0 Å². The molecule has 0 unspecified atom stereocenters. The fourth-order valence-corrected chi connectivity index (χ4v) is 1.62. The Morgan fingerprint density at radius 2 is 1.60 bits per heavy atom. The van der Waals surface area contributed by atoms with Crippen molar-refractivity contribution in [3.05, 3.63) is 61.9 Å². The molecule has 76 valence electrons. The third kappa shape index (κ3) is 1.68. The molecule has 15 heavy (non-hydrogen) atoms. The average Bonchev–Trinajstić information content (AvgIpc) is 2.30. The monoisotopic (exact) mass is 201 g/mol. The van der Waals surface area contributed by atoms with Gasteiger partial charge in [0.25, 0.3) is 0 Å². The molecule has 2 N–H and O–H groups in total. The van der Waals surface area contributed by atoms with Gasteiger partial charge < -0.3 is 5.73 Å². The zero-order valence-corrected chi connectivity index (χ0v) is 8.19. The van der Waals surface area contributed by atoms with Crippen LogP contribution in [0.1, 0.15) is 11.1 Å². The first-order valence-electron chi connectivity index (χ1n) is 4.81. The van der Waals surface area contributed by atoms with Crippen LogP contribution in [0.5, 0.6) is 0 Å². The Morgan fingerprint density at radius 3 is 2.20 bits per heavy atom. The van der Waals surface area contributed by atoms with E-state index in [1.54, 1.807) is 0 Å². The molecule has 0 aromatic heterocycles. The van der Waals surface area contributed by atoms with E-state index < -0.39 is 10.9 Å². The van der Waals surface area contributed by atoms with E-state index in [0.29, 0.717) is 12.0 Å². The largest absolute Gasteiger partial charge is 0.395 e. The summed E-state index contributed by atoms with van der Waals surface area (Å²) in [5, 5.41) is 0. The molecular formula is C12H11NO2. The van der Waals surface area contributed by atoms with Gasteiger partial charge in [0.15, 0.2) is 0 Å². The van der Waals surface area contributed by atoms with Crippen molar-refractivity contribution in [3.63, 3.8) is 0 Å². The van der Waals surface area contributed by atoms with Gasteiger partial charge in [0.1, 0.15) is 0 Å². The maximum absolute atomic E-state index is 11.1. The molecule has 0 spiro atoms. The van der Waals surface area contributed by atoms with Gasteiger partial charge in [-0.2, -0.15) is 0 Å². The molecule has 0 amide bonds. The predicted octanol–water partition coefficient (Wildman–Crippen LogP) is 0.650. The molecule has 2 rings (SSSR count). The lowest BCUT2D eigenvalue weighted by Gasteiger charge is -2.06. The molecule has 0 atom stereocenters. The molecule has 3 heteroatoms. The SMILES string of the molecule is Nc1c(CCc2ccccc2)c(=O)c1=O. The molecule has 2 aromatic rings. The Balaban J connectivity index is 2.07. The Hall–Kier alpha value is -1.90. The Morgan fingerprint density at radius 1 is 0.933 bits per heavy atom. The highest BCUT2D eigenvalue weighted by Gasteiger charge is 2.16. The van der Waals surface area contributed by atoms with Crippen LogP contribution in [0.2, 0.25) is 0 Å². The molecule has 2 aromatic carbocycles. The number of rotatable bonds is 3. The molecule has 0 heterocycles. The number of anilines is 1. The molecular weight excluding hydrogens is 190 g/mol. The summed E-state index contributed by atoms with van der Waals surface area (Å²) in [5.41, 5.74) is 6.27. The second kappa shape index (κ2) is 3.69. The van der Waals surface area contributed by atoms with Gasteiger partial charge in [-0.05, 0) is 18.4 Å². The van der Waals surface area contributed by atoms with E-state index in [9.17, 15) is 9.59 Å². The van der Waals surface area contributed by atoms with E-state index in [2.05, 4.69) is 0 Å². The van der Waals surface area contributed by atoms with Crippen LogP contribution >= 0.6 is 0 Å². The second-order valence-electron chi connectivity index (χ2n) is 3.54. The number of hydrogen-bond donors (Lipinski definition) is 1. The number of nitrogens with two attached hydrogens (primary N) is 1. The Labute approximate surface area is 86.9 Å². The van der Waals surface area contributed by atoms with E-state index in [4.69, 9.17) is 5.73 Å². The molecule has 0 bridgehead atoms. The molecule has 0 saturated carbocycles. The van der Waals surface area contributed by atoms with Crippen LogP contribution < -0.4 is 16.6 Å². The summed E-state index contributed by atoms with van der Waals surface area (Å²) in [6.07, 6.45) is 1.30. The number of nitrogen functional groups attached to an aromatic ring is 1. The van der Waals surface area contributed by atoms with Gasteiger partial charge in [-0.3, -0.25) is 9.59 Å². The van der Waals surface area contributed by atoms with E-state index in [-0.39, 0.29) is 5.69 Å². The van der Waals surface area contributed by atoms with Gasteiger partial charge in [-0.15, -0.1) is 0 Å². The maximum atomic E-state index is 11.1. The van der Waals surface area contributed by atoms with Crippen molar-refractivity contribution in [3.8, 4) is 0 Å². The number of aryl methyl sites for hydroxylation is 1. The number of benzene rings is 1. The van der Waals surface area contributed by atoms with Crippen molar-refractivity contribution >= 4 is 5.69 Å². The van der Waals surface area contributed by atoms with Crippen LogP contribution in [0.25, 0.3) is 0 Å². The van der Waals surface area contributed by atoms with E-state index in [1.807, 2.05) is 30.3 Å². The predicted molar refractivity (Wildman–Crippen MR) is 59.6 cm³/mol. The summed E-state index contributed by atoms with van der Waals surface area (Å²) < 4.78 is 0. The van der Waals surface area contributed by atoms with Crippen LogP contribution in [0.3, 0.4) is 0 Å². The molecule has 0 fully saturated rings. The molecule has 3 nitrogen and oxygen atoms in total. The average molecular weight is 201 g/mol. The highest BCUT2D eigenvalue weighted by atomic mass is 16.2. The van der Waals surface area contributed by atoms with Gasteiger partial charge in [-0.1, -0.05) is 30.3 Å². The highest BCUT2D eigenvalue weighted by molar-refractivity contribution is 5.52. The van der Waals surface area contributed by atoms with Crippen LogP contribution in [-0.2, 0) is 12.8 Å². The van der Waals surface area contributed by atoms with Crippen molar-refractivity contribution < 1.29 is 0 Å². The molecule has 0 radical (unpaired) electrons. The lowest BCUT2D eigenvalue weighted by molar-refractivity contribution is 0.938. The standard InChI is InChI=1S/C12H11NO2/c13-10-9(11(14)12(10)15)7-6-8-4-2-1-3-5-8/h1-5H,6-7,13H2. The van der Waals surface area contributed by atoms with Crippen molar-refractivity contribution in [2.24, 2.45) is 0 Å². The minimum absolute atomic E-state index is 0.149. The van der Waals surface area contributed by atoms with Crippen molar-refractivity contribution in [1.82, 2.24) is 0 Å². The third-order valence-corrected chi connectivity index (χ3v) is 2.56. The summed E-state index contributed by atoms with van der Waals surface area (Å²) in [5.74, 6) is 0. The fourth-order valence-electron chi connectivity index (χ4n) is 1.62. The third-order valence-electron chi connectivity index (χ3n) is 2.56. The number of hydrogen-bond acceptors (Lipinski definition) is 3. The minimum Gasteiger partial charge on any atom is -0.395 e. The Bertz CT molecular complexity index is 536. The first-order chi connectivity index (χ1) is 7.20. The smallest absolute Gasteiger partial charge is 0.249 e. The van der Waals surface area contributed by atoms with Crippen LogP contribution in [0.15, 0.2) is 39.9 Å². The maximum Gasteiger partial charge on any atom is 0.249 e. The van der Waals surface area contributed by atoms with Crippen molar-refractivity contribution in [2.45, 2.75) is 12.8 Å². The first kappa shape index (κ1) is 9.65. The topological polar surface area (TPSA) is 60.2 Å². The van der Waals surface area contributed by atoms with Crippen LogP contribution in [0.4, 0.5) is 5.69 Å². The van der Waals surface area contributed by atoms with Gasteiger partial charge in [0, 0.05) is 5.56 Å². The summed E-state index contributed by atoms with van der Waals surface area (Å²) in [6, 6.07) is 9.81.